The predicted octanol–water partition coefficient (Wildman–Crippen LogP) is -0.524. The summed E-state index contributed by atoms with van der Waals surface area (Å²) in [7, 11) is -4.64. The zero-order valence-corrected chi connectivity index (χ0v) is 16.4. The molecule has 1 aromatic rings. The van der Waals surface area contributed by atoms with Crippen molar-refractivity contribution in [3.05, 3.63) is 29.3 Å². The molecule has 1 aromatic carbocycles. The van der Waals surface area contributed by atoms with Gasteiger partial charge in [-0.3, -0.25) is 0 Å². The van der Waals surface area contributed by atoms with Crippen molar-refractivity contribution in [2.75, 3.05) is 0 Å². The van der Waals surface area contributed by atoms with E-state index in [0.717, 1.165) is 12.0 Å². The summed E-state index contributed by atoms with van der Waals surface area (Å²) in [6.45, 7) is 8.46. The molecule has 0 spiro atoms. The predicted molar refractivity (Wildman–Crippen MR) is 77.5 cm³/mol. The van der Waals surface area contributed by atoms with E-state index in [1.807, 2.05) is 6.07 Å². The zero-order chi connectivity index (χ0) is 16.0. The van der Waals surface area contributed by atoms with Gasteiger partial charge in [-0.15, -0.1) is 5.75 Å². The van der Waals surface area contributed by atoms with E-state index >= 15 is 0 Å². The second kappa shape index (κ2) is 10.0. The molecule has 0 heterocycles. The Morgan fingerprint density at radius 2 is 1.67 bits per heavy atom. The molecule has 0 unspecified atom stereocenters. The second-order valence-electron chi connectivity index (χ2n) is 5.70. The van der Waals surface area contributed by atoms with Crippen molar-refractivity contribution in [3.8, 4) is 5.75 Å². The van der Waals surface area contributed by atoms with Gasteiger partial charge in [0.15, 0.2) is 0 Å². The van der Waals surface area contributed by atoms with Crippen molar-refractivity contribution in [1.29, 1.82) is 0 Å². The van der Waals surface area contributed by atoms with E-state index in [1.165, 1.54) is 18.4 Å². The Morgan fingerprint density at radius 3 is 2.05 bits per heavy atom. The fraction of sp³-hybridized carbons (Fsp3) is 0.571. The maximum Gasteiger partial charge on any atom is 1.00 e. The Morgan fingerprint density at radius 1 is 1.19 bits per heavy atom. The molecule has 5 nitrogen and oxygen atoms in total. The summed E-state index contributed by atoms with van der Waals surface area (Å²) in [6.07, 6.45) is 3.48. The Kier molecular flexibility index (Phi) is 11.2. The molecular weight excluding hydrogens is 302 g/mol. The van der Waals surface area contributed by atoms with E-state index in [2.05, 4.69) is 33.8 Å². The van der Waals surface area contributed by atoms with Gasteiger partial charge in [-0.05, 0) is 23.8 Å². The minimum Gasteiger partial charge on any atom is -0.872 e. The number of unbranched alkanes of at least 4 members (excludes halogenated alkanes) is 1. The summed E-state index contributed by atoms with van der Waals surface area (Å²) in [5, 5.41) is 11.7. The molecule has 0 aliphatic rings. The summed E-state index contributed by atoms with van der Waals surface area (Å²) >= 11 is 0. The molecule has 1 rings (SSSR count). The summed E-state index contributed by atoms with van der Waals surface area (Å²) in [5.41, 5.74) is 2.19. The first-order valence-corrected chi connectivity index (χ1v) is 8.10. The van der Waals surface area contributed by atoms with E-state index in [0.29, 0.717) is 0 Å². The van der Waals surface area contributed by atoms with Crippen LogP contribution in [0.3, 0.4) is 0 Å². The van der Waals surface area contributed by atoms with Gasteiger partial charge in [-0.2, -0.15) is 0 Å². The standard InChI is InChI=1S/C14H22O.Na.H3O4P/c1-5-6-7-11-8-9-13(15)12(10-11)14(2,3)4;;1-5(2,3)4/h8-10,15H,5-7H2,1-4H3;;(H3,1,2,3,4)/q;+1;/p-1. The minimum atomic E-state index is -4.64. The molecule has 0 radical (unpaired) electrons. The van der Waals surface area contributed by atoms with Crippen LogP contribution in [0.15, 0.2) is 18.2 Å². The molecular formula is C14H24NaO5P. The van der Waals surface area contributed by atoms with Crippen LogP contribution in [-0.2, 0) is 16.4 Å². The molecule has 0 fully saturated rings. The molecule has 0 aliphatic heterocycles. The first kappa shape index (κ1) is 23.4. The van der Waals surface area contributed by atoms with Crippen molar-refractivity contribution in [2.24, 2.45) is 0 Å². The van der Waals surface area contributed by atoms with Gasteiger partial charge in [0.1, 0.15) is 0 Å². The van der Waals surface area contributed by atoms with E-state index in [-0.39, 0.29) is 40.7 Å². The third kappa shape index (κ3) is 12.4. The van der Waals surface area contributed by atoms with E-state index in [1.54, 1.807) is 6.07 Å². The van der Waals surface area contributed by atoms with Gasteiger partial charge in [0.05, 0.1) is 0 Å². The van der Waals surface area contributed by atoms with Crippen molar-refractivity contribution >= 4 is 7.82 Å². The largest absolute Gasteiger partial charge is 1.00 e. The van der Waals surface area contributed by atoms with Crippen LogP contribution < -0.4 is 34.7 Å². The normalized spacial score (nSPS) is 11.2. The summed E-state index contributed by atoms with van der Waals surface area (Å²) in [4.78, 5) is 21.6. The van der Waals surface area contributed by atoms with Crippen LogP contribution in [0.4, 0.5) is 0 Å². The van der Waals surface area contributed by atoms with E-state index < -0.39 is 7.82 Å². The fourth-order valence-electron chi connectivity index (χ4n) is 1.70. The van der Waals surface area contributed by atoms with Crippen molar-refractivity contribution in [3.63, 3.8) is 0 Å². The van der Waals surface area contributed by atoms with Gasteiger partial charge in [0.25, 0.3) is 0 Å². The van der Waals surface area contributed by atoms with E-state index in [4.69, 9.17) is 19.2 Å². The van der Waals surface area contributed by atoms with Crippen LogP contribution in [0.1, 0.15) is 51.7 Å². The first-order chi connectivity index (χ1) is 8.95. The van der Waals surface area contributed by atoms with Crippen LogP contribution >= 0.6 is 7.82 Å². The average Bonchev–Trinajstić information content (AvgIpc) is 2.24. The van der Waals surface area contributed by atoms with Crippen LogP contribution in [-0.4, -0.2) is 14.7 Å². The summed E-state index contributed by atoms with van der Waals surface area (Å²) in [5.74, 6) is 0.169. The zero-order valence-electron chi connectivity index (χ0n) is 13.5. The summed E-state index contributed by atoms with van der Waals surface area (Å²) in [6, 6.07) is 5.76. The number of benzene rings is 1. The maximum absolute atomic E-state index is 11.7. The Bertz CT molecular complexity index is 457. The monoisotopic (exact) mass is 326 g/mol. The van der Waals surface area contributed by atoms with Crippen LogP contribution in [0.5, 0.6) is 5.75 Å². The molecule has 0 saturated carbocycles. The van der Waals surface area contributed by atoms with E-state index in [9.17, 15) is 5.11 Å². The molecule has 116 valence electrons. The van der Waals surface area contributed by atoms with Gasteiger partial charge in [0, 0.05) is 0 Å². The Balaban J connectivity index is 0. The Hall–Kier alpha value is 0.130. The maximum atomic E-state index is 11.7. The van der Waals surface area contributed by atoms with Crippen molar-refractivity contribution < 1.29 is 53.9 Å². The van der Waals surface area contributed by atoms with Crippen LogP contribution in [0.2, 0.25) is 0 Å². The molecule has 3 N–H and O–H groups in total. The molecule has 0 saturated heterocycles. The first-order valence-electron chi connectivity index (χ1n) is 6.54. The quantitative estimate of drug-likeness (QED) is 0.512. The third-order valence-corrected chi connectivity index (χ3v) is 2.67. The van der Waals surface area contributed by atoms with Gasteiger partial charge in [-0.1, -0.05) is 57.9 Å². The number of hydrogen-bond donors (Lipinski definition) is 3. The van der Waals surface area contributed by atoms with Crippen LogP contribution in [0.25, 0.3) is 0 Å². The molecule has 0 aromatic heterocycles. The molecule has 7 heteroatoms. The molecule has 0 amide bonds. The average molecular weight is 326 g/mol. The second-order valence-corrected chi connectivity index (χ2v) is 6.72. The van der Waals surface area contributed by atoms with Crippen LogP contribution in [0, 0.1) is 0 Å². The van der Waals surface area contributed by atoms with Gasteiger partial charge in [0.2, 0.25) is 0 Å². The third-order valence-electron chi connectivity index (χ3n) is 2.67. The number of aryl methyl sites for hydroxylation is 1. The molecule has 21 heavy (non-hydrogen) atoms. The Labute approximate surface area is 148 Å². The topological polar surface area (TPSA) is 101 Å². The molecule has 0 bridgehead atoms. The molecule has 0 aliphatic carbocycles. The van der Waals surface area contributed by atoms with Crippen molar-refractivity contribution in [2.45, 2.75) is 52.4 Å². The van der Waals surface area contributed by atoms with Gasteiger partial charge >= 0.3 is 37.4 Å². The number of phosphoric acid groups is 1. The van der Waals surface area contributed by atoms with Gasteiger partial charge in [-0.25, -0.2) is 4.57 Å². The van der Waals surface area contributed by atoms with Crippen molar-refractivity contribution in [1.82, 2.24) is 0 Å². The summed E-state index contributed by atoms with van der Waals surface area (Å²) < 4.78 is 8.88. The SMILES string of the molecule is CCCCc1ccc([O-])c(C(C)(C)C)c1.O=P(O)(O)O.[Na+]. The minimum absolute atomic E-state index is 0. The fourth-order valence-corrected chi connectivity index (χ4v) is 1.70. The smallest absolute Gasteiger partial charge is 0.872 e. The van der Waals surface area contributed by atoms with Gasteiger partial charge < -0.3 is 19.8 Å². The number of rotatable bonds is 3. The molecule has 0 atom stereocenters. The number of hydrogen-bond acceptors (Lipinski definition) is 2.